The van der Waals surface area contributed by atoms with E-state index in [-0.39, 0.29) is 0 Å². The summed E-state index contributed by atoms with van der Waals surface area (Å²) in [6, 6.07) is 5.33. The summed E-state index contributed by atoms with van der Waals surface area (Å²) in [6.45, 7) is 2.63. The van der Waals surface area contributed by atoms with Crippen molar-refractivity contribution in [1.82, 2.24) is 15.2 Å². The molecule has 1 aromatic carbocycles. The minimum atomic E-state index is 0.562. The molecular formula is C14H17Cl2N5. The number of H-pyrrole nitrogens is 1. The number of halogens is 2. The number of benzene rings is 1. The lowest BCUT2D eigenvalue weighted by Crippen LogP contribution is -2.36. The summed E-state index contributed by atoms with van der Waals surface area (Å²) in [5.41, 5.74) is 6.52. The molecule has 0 radical (unpaired) electrons. The van der Waals surface area contributed by atoms with Crippen molar-refractivity contribution in [1.29, 1.82) is 0 Å². The van der Waals surface area contributed by atoms with E-state index in [9.17, 15) is 0 Å². The van der Waals surface area contributed by atoms with E-state index < -0.39 is 0 Å². The lowest BCUT2D eigenvalue weighted by molar-refractivity contribution is 0.411. The minimum Gasteiger partial charge on any atom is -0.340 e. The Labute approximate surface area is 133 Å². The summed E-state index contributed by atoms with van der Waals surface area (Å²) in [7, 11) is 0. The average Bonchev–Trinajstić information content (AvgIpc) is 2.97. The first-order valence-corrected chi connectivity index (χ1v) is 7.76. The first kappa shape index (κ1) is 14.6. The Kier molecular flexibility index (Phi) is 4.33. The first-order chi connectivity index (χ1) is 10.2. The molecule has 7 heteroatoms. The predicted octanol–water partition coefficient (Wildman–Crippen LogP) is 2.95. The molecule has 1 aromatic heterocycles. The van der Waals surface area contributed by atoms with Gasteiger partial charge in [-0.15, -0.1) is 5.10 Å². The van der Waals surface area contributed by atoms with Crippen LogP contribution in [0.5, 0.6) is 0 Å². The van der Waals surface area contributed by atoms with E-state index in [1.165, 1.54) is 0 Å². The molecular weight excluding hydrogens is 309 g/mol. The fourth-order valence-electron chi connectivity index (χ4n) is 2.57. The molecule has 1 aliphatic heterocycles. The Morgan fingerprint density at radius 1 is 1.29 bits per heavy atom. The molecule has 2 aromatic rings. The molecule has 5 nitrogen and oxygen atoms in total. The number of nitrogens with two attached hydrogens (primary N) is 1. The number of hydrogen-bond donors (Lipinski definition) is 2. The first-order valence-electron chi connectivity index (χ1n) is 7.00. The second kappa shape index (κ2) is 6.22. The molecule has 3 N–H and O–H groups in total. The number of aromatic amines is 1. The third-order valence-corrected chi connectivity index (χ3v) is 4.44. The molecule has 0 bridgehead atoms. The minimum absolute atomic E-state index is 0.562. The molecule has 1 saturated heterocycles. The largest absolute Gasteiger partial charge is 0.340 e. The van der Waals surface area contributed by atoms with Crippen molar-refractivity contribution in [2.75, 3.05) is 24.5 Å². The Morgan fingerprint density at radius 2 is 2.05 bits per heavy atom. The molecule has 0 saturated carbocycles. The van der Waals surface area contributed by atoms with Gasteiger partial charge in [-0.25, -0.2) is 0 Å². The van der Waals surface area contributed by atoms with Gasteiger partial charge in [0.25, 0.3) is 0 Å². The van der Waals surface area contributed by atoms with Crippen molar-refractivity contribution in [2.24, 2.45) is 11.7 Å². The van der Waals surface area contributed by atoms with Crippen LogP contribution >= 0.6 is 23.2 Å². The van der Waals surface area contributed by atoms with E-state index in [2.05, 4.69) is 20.1 Å². The van der Waals surface area contributed by atoms with E-state index in [1.54, 1.807) is 12.1 Å². The van der Waals surface area contributed by atoms with Crippen LogP contribution in [0.1, 0.15) is 12.8 Å². The predicted molar refractivity (Wildman–Crippen MR) is 85.8 cm³/mol. The van der Waals surface area contributed by atoms with Crippen molar-refractivity contribution in [2.45, 2.75) is 12.8 Å². The van der Waals surface area contributed by atoms with E-state index in [1.807, 2.05) is 6.07 Å². The van der Waals surface area contributed by atoms with Crippen molar-refractivity contribution in [3.63, 3.8) is 0 Å². The van der Waals surface area contributed by atoms with Crippen LogP contribution in [-0.2, 0) is 0 Å². The van der Waals surface area contributed by atoms with Gasteiger partial charge in [0.05, 0.1) is 5.02 Å². The van der Waals surface area contributed by atoms with Crippen LogP contribution in [0.15, 0.2) is 18.2 Å². The van der Waals surface area contributed by atoms with Crippen LogP contribution in [0.3, 0.4) is 0 Å². The fraction of sp³-hybridized carbons (Fsp3) is 0.429. The monoisotopic (exact) mass is 325 g/mol. The Morgan fingerprint density at radius 3 is 2.71 bits per heavy atom. The highest BCUT2D eigenvalue weighted by Gasteiger charge is 2.21. The number of nitrogens with zero attached hydrogens (tertiary/aromatic N) is 3. The van der Waals surface area contributed by atoms with Crippen molar-refractivity contribution < 1.29 is 0 Å². The second-order valence-electron chi connectivity index (χ2n) is 5.27. The molecule has 112 valence electrons. The maximum Gasteiger partial charge on any atom is 0.245 e. The van der Waals surface area contributed by atoms with Gasteiger partial charge in [0.15, 0.2) is 5.82 Å². The molecule has 0 spiro atoms. The number of anilines is 1. The summed E-state index contributed by atoms with van der Waals surface area (Å²) < 4.78 is 0. The van der Waals surface area contributed by atoms with Gasteiger partial charge < -0.3 is 10.6 Å². The quantitative estimate of drug-likeness (QED) is 0.910. The summed E-state index contributed by atoms with van der Waals surface area (Å²) in [5, 5.41) is 8.41. The topological polar surface area (TPSA) is 70.8 Å². The highest BCUT2D eigenvalue weighted by Crippen LogP contribution is 2.29. The van der Waals surface area contributed by atoms with Gasteiger partial charge in [0.2, 0.25) is 5.95 Å². The molecule has 0 atom stereocenters. The number of hydrogen-bond acceptors (Lipinski definition) is 4. The van der Waals surface area contributed by atoms with E-state index in [0.717, 1.165) is 38.0 Å². The van der Waals surface area contributed by atoms with E-state index in [4.69, 9.17) is 28.9 Å². The van der Waals surface area contributed by atoms with Gasteiger partial charge in [0.1, 0.15) is 0 Å². The third-order valence-electron chi connectivity index (χ3n) is 3.89. The summed E-state index contributed by atoms with van der Waals surface area (Å²) >= 11 is 12.1. The standard InChI is InChI=1S/C14H17Cl2N5/c15-10-1-2-11(12(16)7-10)13-18-14(20-19-13)21-5-3-9(8-17)4-6-21/h1-2,7,9H,3-6,8,17H2,(H,18,19,20). The van der Waals surface area contributed by atoms with Gasteiger partial charge >= 0.3 is 0 Å². The Bertz CT molecular complexity index is 620. The van der Waals surface area contributed by atoms with E-state index >= 15 is 0 Å². The molecule has 0 aliphatic carbocycles. The van der Waals surface area contributed by atoms with Gasteiger partial charge in [-0.2, -0.15) is 4.98 Å². The van der Waals surface area contributed by atoms with Crippen molar-refractivity contribution in [3.8, 4) is 11.4 Å². The lowest BCUT2D eigenvalue weighted by Gasteiger charge is -2.30. The SMILES string of the molecule is NCC1CCN(c2n[nH]c(-c3ccc(Cl)cc3Cl)n2)CC1. The van der Waals surface area contributed by atoms with Crippen LogP contribution in [0.25, 0.3) is 11.4 Å². The number of aromatic nitrogens is 3. The normalized spacial score (nSPS) is 16.4. The molecule has 1 fully saturated rings. The van der Waals surface area contributed by atoms with E-state index in [0.29, 0.717) is 27.7 Å². The maximum absolute atomic E-state index is 6.20. The Balaban J connectivity index is 1.77. The maximum atomic E-state index is 6.20. The van der Waals surface area contributed by atoms with Crippen LogP contribution in [-0.4, -0.2) is 34.8 Å². The zero-order chi connectivity index (χ0) is 14.8. The van der Waals surface area contributed by atoms with Crippen molar-refractivity contribution >= 4 is 29.2 Å². The zero-order valence-electron chi connectivity index (χ0n) is 11.5. The van der Waals surface area contributed by atoms with Crippen LogP contribution in [0.2, 0.25) is 10.0 Å². The summed E-state index contributed by atoms with van der Waals surface area (Å²) in [6.07, 6.45) is 2.17. The third kappa shape index (κ3) is 3.15. The number of rotatable bonds is 3. The Hall–Kier alpha value is -1.30. The molecule has 1 aliphatic rings. The van der Waals surface area contributed by atoms with Crippen LogP contribution < -0.4 is 10.6 Å². The van der Waals surface area contributed by atoms with Gasteiger partial charge in [-0.05, 0) is 43.5 Å². The summed E-state index contributed by atoms with van der Waals surface area (Å²) in [5.74, 6) is 1.99. The molecule has 2 heterocycles. The average molecular weight is 326 g/mol. The lowest BCUT2D eigenvalue weighted by atomic mass is 9.97. The molecule has 3 rings (SSSR count). The molecule has 21 heavy (non-hydrogen) atoms. The summed E-state index contributed by atoms with van der Waals surface area (Å²) in [4.78, 5) is 6.72. The van der Waals surface area contributed by atoms with Crippen LogP contribution in [0.4, 0.5) is 5.95 Å². The van der Waals surface area contributed by atoms with Crippen LogP contribution in [0, 0.1) is 5.92 Å². The fourth-order valence-corrected chi connectivity index (χ4v) is 3.06. The highest BCUT2D eigenvalue weighted by atomic mass is 35.5. The van der Waals surface area contributed by atoms with Gasteiger partial charge in [-0.1, -0.05) is 23.2 Å². The van der Waals surface area contributed by atoms with Crippen molar-refractivity contribution in [3.05, 3.63) is 28.2 Å². The van der Waals surface area contributed by atoms with Gasteiger partial charge in [-0.3, -0.25) is 5.10 Å². The zero-order valence-corrected chi connectivity index (χ0v) is 13.0. The molecule has 0 amide bonds. The highest BCUT2D eigenvalue weighted by molar-refractivity contribution is 6.36. The smallest absolute Gasteiger partial charge is 0.245 e. The second-order valence-corrected chi connectivity index (χ2v) is 6.12. The van der Waals surface area contributed by atoms with Gasteiger partial charge in [0, 0.05) is 23.7 Å². The number of nitrogens with one attached hydrogen (secondary N) is 1. The molecule has 0 unspecified atom stereocenters. The number of piperidine rings is 1.